The average molecular weight is 354 g/mol. The van der Waals surface area contributed by atoms with E-state index >= 15 is 0 Å². The maximum absolute atomic E-state index is 12.6. The maximum atomic E-state index is 12.6. The van der Waals surface area contributed by atoms with Crippen LogP contribution in [0.25, 0.3) is 11.1 Å². The first-order valence-electron chi connectivity index (χ1n) is 8.13. The number of nitrogens with zero attached hydrogens (tertiary/aromatic N) is 2. The van der Waals surface area contributed by atoms with Gasteiger partial charge >= 0.3 is 0 Å². The van der Waals surface area contributed by atoms with E-state index in [9.17, 15) is 4.79 Å². The molecule has 0 saturated carbocycles. The summed E-state index contributed by atoms with van der Waals surface area (Å²) < 4.78 is 5.46. The number of benzene rings is 1. The monoisotopic (exact) mass is 354 g/mol. The molecule has 3 heterocycles. The zero-order valence-corrected chi connectivity index (χ0v) is 14.4. The smallest absolute Gasteiger partial charge is 0.265 e. The molecule has 1 aliphatic heterocycles. The number of carbonyl (C=O) groups is 1. The average Bonchev–Trinajstić information content (AvgIpc) is 3.33. The molecule has 2 aromatic heterocycles. The summed E-state index contributed by atoms with van der Waals surface area (Å²) in [5.41, 5.74) is 2.86. The summed E-state index contributed by atoms with van der Waals surface area (Å²) in [6, 6.07) is 12.1. The Labute approximate surface area is 149 Å². The van der Waals surface area contributed by atoms with Crippen molar-refractivity contribution in [1.82, 2.24) is 10.2 Å². The molecule has 1 fully saturated rings. The number of thiophene rings is 1. The molecule has 4 rings (SSSR count). The number of H-pyrrole nitrogens is 1. The highest BCUT2D eigenvalue weighted by Gasteiger charge is 2.22. The molecule has 1 aromatic carbocycles. The second-order valence-electron chi connectivity index (χ2n) is 5.74. The van der Waals surface area contributed by atoms with Crippen LogP contribution in [-0.2, 0) is 4.74 Å². The number of nitrogens with one attached hydrogen (secondary N) is 2. The Kier molecular flexibility index (Phi) is 4.49. The Hall–Kier alpha value is -2.64. The van der Waals surface area contributed by atoms with Gasteiger partial charge in [0.1, 0.15) is 0 Å². The van der Waals surface area contributed by atoms with Gasteiger partial charge in [0.15, 0.2) is 0 Å². The second-order valence-corrected chi connectivity index (χ2v) is 6.77. The zero-order chi connectivity index (χ0) is 17.1. The third-order valence-electron chi connectivity index (χ3n) is 4.08. The summed E-state index contributed by atoms with van der Waals surface area (Å²) in [7, 11) is 0. The van der Waals surface area contributed by atoms with Crippen LogP contribution in [0.1, 0.15) is 9.67 Å². The standard InChI is InChI=1S/C18H18N4O2S/c23-17(21-14-11-19-20-12-14)16-10-15(13-4-2-1-3-5-13)18(25-16)22-6-8-24-9-7-22/h1-5,10-12H,6-9H2,(H,19,20)(H,21,23). The van der Waals surface area contributed by atoms with E-state index in [4.69, 9.17) is 4.74 Å². The number of morpholine rings is 1. The van der Waals surface area contributed by atoms with Gasteiger partial charge in [-0.3, -0.25) is 9.89 Å². The fraction of sp³-hybridized carbons (Fsp3) is 0.222. The molecule has 128 valence electrons. The van der Waals surface area contributed by atoms with E-state index < -0.39 is 0 Å². The summed E-state index contributed by atoms with van der Waals surface area (Å²) in [6.45, 7) is 3.09. The van der Waals surface area contributed by atoms with Crippen LogP contribution in [0.2, 0.25) is 0 Å². The summed E-state index contributed by atoms with van der Waals surface area (Å²) in [5.74, 6) is -0.122. The molecule has 6 nitrogen and oxygen atoms in total. The third-order valence-corrected chi connectivity index (χ3v) is 5.27. The Morgan fingerprint density at radius 3 is 2.76 bits per heavy atom. The fourth-order valence-electron chi connectivity index (χ4n) is 2.83. The molecule has 0 unspecified atom stereocenters. The van der Waals surface area contributed by atoms with Gasteiger partial charge in [-0.2, -0.15) is 5.10 Å². The molecule has 2 N–H and O–H groups in total. The molecule has 0 aliphatic carbocycles. The normalized spacial score (nSPS) is 14.5. The van der Waals surface area contributed by atoms with E-state index in [0.29, 0.717) is 23.8 Å². The van der Waals surface area contributed by atoms with E-state index in [1.165, 1.54) is 11.3 Å². The van der Waals surface area contributed by atoms with Crippen LogP contribution in [0.4, 0.5) is 10.7 Å². The lowest BCUT2D eigenvalue weighted by Gasteiger charge is -2.28. The Morgan fingerprint density at radius 1 is 1.24 bits per heavy atom. The maximum Gasteiger partial charge on any atom is 0.265 e. The lowest BCUT2D eigenvalue weighted by atomic mass is 10.1. The van der Waals surface area contributed by atoms with Crippen LogP contribution in [0.15, 0.2) is 48.8 Å². The van der Waals surface area contributed by atoms with Crippen molar-refractivity contribution in [2.45, 2.75) is 0 Å². The van der Waals surface area contributed by atoms with E-state index in [2.05, 4.69) is 32.5 Å². The molecule has 0 bridgehead atoms. The molecule has 7 heteroatoms. The number of amides is 1. The number of ether oxygens (including phenoxy) is 1. The third kappa shape index (κ3) is 3.42. The van der Waals surface area contributed by atoms with E-state index in [-0.39, 0.29) is 5.91 Å². The minimum absolute atomic E-state index is 0.122. The van der Waals surface area contributed by atoms with Crippen molar-refractivity contribution in [2.24, 2.45) is 0 Å². The van der Waals surface area contributed by atoms with Gasteiger partial charge in [-0.25, -0.2) is 0 Å². The van der Waals surface area contributed by atoms with E-state index in [1.807, 2.05) is 24.3 Å². The van der Waals surface area contributed by atoms with Crippen LogP contribution in [-0.4, -0.2) is 42.4 Å². The van der Waals surface area contributed by atoms with Gasteiger partial charge in [-0.05, 0) is 11.6 Å². The molecule has 1 saturated heterocycles. The van der Waals surface area contributed by atoms with Crippen LogP contribution in [0, 0.1) is 0 Å². The predicted octanol–water partition coefficient (Wildman–Crippen LogP) is 3.23. The van der Waals surface area contributed by atoms with Crippen molar-refractivity contribution in [3.05, 3.63) is 53.7 Å². The molecule has 25 heavy (non-hydrogen) atoms. The van der Waals surface area contributed by atoms with Gasteiger partial charge < -0.3 is 15.0 Å². The quantitative estimate of drug-likeness (QED) is 0.755. The fourth-order valence-corrected chi connectivity index (χ4v) is 3.96. The number of hydrogen-bond acceptors (Lipinski definition) is 5. The first-order chi connectivity index (χ1) is 12.3. The first-order valence-corrected chi connectivity index (χ1v) is 8.95. The number of aromatic nitrogens is 2. The van der Waals surface area contributed by atoms with Crippen molar-refractivity contribution >= 4 is 27.9 Å². The van der Waals surface area contributed by atoms with Crippen LogP contribution >= 0.6 is 11.3 Å². The van der Waals surface area contributed by atoms with Crippen molar-refractivity contribution in [3.63, 3.8) is 0 Å². The Morgan fingerprint density at radius 2 is 2.04 bits per heavy atom. The SMILES string of the molecule is O=C(Nc1cn[nH]c1)c1cc(-c2ccccc2)c(N2CCOCC2)s1. The molecule has 3 aromatic rings. The van der Waals surface area contributed by atoms with Gasteiger partial charge in [-0.15, -0.1) is 11.3 Å². The van der Waals surface area contributed by atoms with Crippen LogP contribution in [0.3, 0.4) is 0 Å². The van der Waals surface area contributed by atoms with Crippen molar-refractivity contribution in [2.75, 3.05) is 36.5 Å². The highest BCUT2D eigenvalue weighted by atomic mass is 32.1. The zero-order valence-electron chi connectivity index (χ0n) is 13.6. The first kappa shape index (κ1) is 15.9. The number of hydrogen-bond donors (Lipinski definition) is 2. The van der Waals surface area contributed by atoms with Crippen LogP contribution < -0.4 is 10.2 Å². The highest BCUT2D eigenvalue weighted by Crippen LogP contribution is 2.39. The van der Waals surface area contributed by atoms with E-state index in [0.717, 1.165) is 29.2 Å². The number of carbonyl (C=O) groups excluding carboxylic acids is 1. The second kappa shape index (κ2) is 7.08. The molecular formula is C18H18N4O2S. The number of anilines is 2. The molecule has 1 amide bonds. The van der Waals surface area contributed by atoms with Gasteiger partial charge in [0.2, 0.25) is 0 Å². The summed E-state index contributed by atoms with van der Waals surface area (Å²) >= 11 is 1.52. The number of aromatic amines is 1. The summed E-state index contributed by atoms with van der Waals surface area (Å²) in [4.78, 5) is 15.6. The van der Waals surface area contributed by atoms with Gasteiger partial charge in [-0.1, -0.05) is 30.3 Å². The van der Waals surface area contributed by atoms with Gasteiger partial charge in [0.25, 0.3) is 5.91 Å². The Bertz CT molecular complexity index is 839. The predicted molar refractivity (Wildman–Crippen MR) is 99.3 cm³/mol. The highest BCUT2D eigenvalue weighted by molar-refractivity contribution is 7.18. The van der Waals surface area contributed by atoms with Gasteiger partial charge in [0, 0.05) is 24.8 Å². The summed E-state index contributed by atoms with van der Waals surface area (Å²) in [5, 5.41) is 10.5. The molecular weight excluding hydrogens is 336 g/mol. The summed E-state index contributed by atoms with van der Waals surface area (Å²) in [6.07, 6.45) is 3.25. The lowest BCUT2D eigenvalue weighted by molar-refractivity contribution is 0.103. The minimum Gasteiger partial charge on any atom is -0.378 e. The van der Waals surface area contributed by atoms with Crippen molar-refractivity contribution in [3.8, 4) is 11.1 Å². The van der Waals surface area contributed by atoms with Crippen molar-refractivity contribution in [1.29, 1.82) is 0 Å². The lowest BCUT2D eigenvalue weighted by Crippen LogP contribution is -2.35. The molecule has 0 spiro atoms. The Balaban J connectivity index is 1.68. The van der Waals surface area contributed by atoms with Crippen LogP contribution in [0.5, 0.6) is 0 Å². The van der Waals surface area contributed by atoms with Crippen molar-refractivity contribution < 1.29 is 9.53 Å². The molecule has 1 aliphatic rings. The molecule has 0 atom stereocenters. The topological polar surface area (TPSA) is 70.2 Å². The largest absolute Gasteiger partial charge is 0.378 e. The van der Waals surface area contributed by atoms with Gasteiger partial charge in [0.05, 0.1) is 35.0 Å². The van der Waals surface area contributed by atoms with E-state index in [1.54, 1.807) is 12.4 Å². The number of rotatable bonds is 4. The minimum atomic E-state index is -0.122. The molecule has 0 radical (unpaired) electrons.